The van der Waals surface area contributed by atoms with E-state index < -0.39 is 0 Å². The van der Waals surface area contributed by atoms with Gasteiger partial charge in [0.15, 0.2) is 0 Å². The molecule has 2 heteroatoms. The molecule has 0 aromatic carbocycles. The highest BCUT2D eigenvalue weighted by Gasteiger charge is 2.02. The summed E-state index contributed by atoms with van der Waals surface area (Å²) < 4.78 is 1.97. The number of allylic oxidation sites excluding steroid dienone is 1. The standard InChI is InChI=1S/C9H14N2.H2/c1-5-11-9(7(2)3)6-8(4)10-11;/h6H,2,5H2,1,3-4H3;1H. The third-order valence-corrected chi connectivity index (χ3v) is 1.64. The highest BCUT2D eigenvalue weighted by molar-refractivity contribution is 5.58. The molecule has 0 bridgehead atoms. The summed E-state index contributed by atoms with van der Waals surface area (Å²) in [5.41, 5.74) is 3.28. The van der Waals surface area contributed by atoms with E-state index in [2.05, 4.69) is 24.7 Å². The molecule has 0 fully saturated rings. The minimum atomic E-state index is 0. The van der Waals surface area contributed by atoms with Crippen LogP contribution in [0.3, 0.4) is 0 Å². The highest BCUT2D eigenvalue weighted by atomic mass is 15.3. The third kappa shape index (κ3) is 1.50. The number of hydrogen-bond donors (Lipinski definition) is 0. The summed E-state index contributed by atoms with van der Waals surface area (Å²) in [6, 6.07) is 2.06. The molecule has 0 aliphatic heterocycles. The van der Waals surface area contributed by atoms with Crippen LogP contribution in [0, 0.1) is 6.92 Å². The predicted octanol–water partition coefficient (Wildman–Crippen LogP) is 2.49. The number of hydrogen-bond acceptors (Lipinski definition) is 1. The first-order chi connectivity index (χ1) is 5.15. The van der Waals surface area contributed by atoms with Crippen LogP contribution in [0.2, 0.25) is 0 Å². The smallest absolute Gasteiger partial charge is 0.0635 e. The molecule has 2 nitrogen and oxygen atoms in total. The molecule has 0 saturated heterocycles. The van der Waals surface area contributed by atoms with Crippen LogP contribution < -0.4 is 0 Å². The number of aryl methyl sites for hydroxylation is 2. The molecule has 1 rings (SSSR count). The zero-order valence-corrected chi connectivity index (χ0v) is 7.39. The second-order valence-electron chi connectivity index (χ2n) is 2.77. The normalized spacial score (nSPS) is 10.1. The van der Waals surface area contributed by atoms with Crippen molar-refractivity contribution < 1.29 is 1.43 Å². The average Bonchev–Trinajstić information content (AvgIpc) is 2.30. The Kier molecular flexibility index (Phi) is 2.13. The van der Waals surface area contributed by atoms with Gasteiger partial charge in [-0.25, -0.2) is 0 Å². The van der Waals surface area contributed by atoms with E-state index in [0.29, 0.717) is 0 Å². The minimum Gasteiger partial charge on any atom is -0.265 e. The van der Waals surface area contributed by atoms with Crippen LogP contribution in [0.15, 0.2) is 12.6 Å². The number of rotatable bonds is 2. The van der Waals surface area contributed by atoms with Gasteiger partial charge in [0.2, 0.25) is 0 Å². The summed E-state index contributed by atoms with van der Waals surface area (Å²) in [5.74, 6) is 0. The zero-order chi connectivity index (χ0) is 8.43. The van der Waals surface area contributed by atoms with Gasteiger partial charge in [-0.15, -0.1) is 0 Å². The first kappa shape index (κ1) is 8.05. The van der Waals surface area contributed by atoms with Crippen molar-refractivity contribution in [2.24, 2.45) is 0 Å². The Morgan fingerprint density at radius 1 is 1.82 bits per heavy atom. The molecule has 0 aliphatic rings. The lowest BCUT2D eigenvalue weighted by molar-refractivity contribution is 0.645. The van der Waals surface area contributed by atoms with E-state index in [4.69, 9.17) is 0 Å². The summed E-state index contributed by atoms with van der Waals surface area (Å²) >= 11 is 0. The van der Waals surface area contributed by atoms with Crippen LogP contribution in [0.1, 0.15) is 26.7 Å². The van der Waals surface area contributed by atoms with Crippen molar-refractivity contribution in [3.63, 3.8) is 0 Å². The van der Waals surface area contributed by atoms with E-state index in [0.717, 1.165) is 23.5 Å². The summed E-state index contributed by atoms with van der Waals surface area (Å²) in [6.45, 7) is 10.9. The van der Waals surface area contributed by atoms with Gasteiger partial charge < -0.3 is 0 Å². The van der Waals surface area contributed by atoms with E-state index in [1.807, 2.05) is 18.5 Å². The molecule has 0 saturated carbocycles. The highest BCUT2D eigenvalue weighted by Crippen LogP contribution is 2.12. The Morgan fingerprint density at radius 3 is 2.82 bits per heavy atom. The number of aromatic nitrogens is 2. The second-order valence-corrected chi connectivity index (χ2v) is 2.77. The molecular weight excluding hydrogens is 136 g/mol. The van der Waals surface area contributed by atoms with Crippen molar-refractivity contribution in [1.82, 2.24) is 9.78 Å². The van der Waals surface area contributed by atoms with Gasteiger partial charge in [0.25, 0.3) is 0 Å². The van der Waals surface area contributed by atoms with E-state index >= 15 is 0 Å². The minimum absolute atomic E-state index is 0. The molecule has 0 N–H and O–H groups in total. The van der Waals surface area contributed by atoms with Gasteiger partial charge in [0, 0.05) is 7.97 Å². The van der Waals surface area contributed by atoms with Gasteiger partial charge in [-0.05, 0) is 32.4 Å². The molecule has 0 atom stereocenters. The van der Waals surface area contributed by atoms with Crippen molar-refractivity contribution in [3.05, 3.63) is 24.0 Å². The Hall–Kier alpha value is -1.05. The Bertz CT molecular complexity index is 276. The fourth-order valence-electron chi connectivity index (χ4n) is 1.13. The maximum atomic E-state index is 4.31. The van der Waals surface area contributed by atoms with Gasteiger partial charge in [0.05, 0.1) is 11.4 Å². The predicted molar refractivity (Wildman–Crippen MR) is 49.5 cm³/mol. The third-order valence-electron chi connectivity index (χ3n) is 1.64. The van der Waals surface area contributed by atoms with E-state index in [1.54, 1.807) is 0 Å². The van der Waals surface area contributed by atoms with Crippen molar-refractivity contribution in [1.29, 1.82) is 0 Å². The lowest BCUT2D eigenvalue weighted by Gasteiger charge is -2.01. The fraction of sp³-hybridized carbons (Fsp3) is 0.444. The Labute approximate surface area is 69.0 Å². The van der Waals surface area contributed by atoms with Crippen molar-refractivity contribution in [3.8, 4) is 0 Å². The maximum Gasteiger partial charge on any atom is 0.0635 e. The molecule has 1 heterocycles. The molecule has 62 valence electrons. The average molecular weight is 152 g/mol. The van der Waals surface area contributed by atoms with Crippen molar-refractivity contribution >= 4 is 5.57 Å². The first-order valence-electron chi connectivity index (χ1n) is 3.85. The van der Waals surface area contributed by atoms with Crippen LogP contribution in [-0.2, 0) is 6.54 Å². The quantitative estimate of drug-likeness (QED) is 0.636. The Morgan fingerprint density at radius 2 is 2.45 bits per heavy atom. The van der Waals surface area contributed by atoms with Gasteiger partial charge in [-0.2, -0.15) is 5.10 Å². The zero-order valence-electron chi connectivity index (χ0n) is 7.39. The van der Waals surface area contributed by atoms with E-state index in [-0.39, 0.29) is 1.43 Å². The maximum absolute atomic E-state index is 4.31. The molecule has 1 aromatic heterocycles. The van der Waals surface area contributed by atoms with Crippen LogP contribution >= 0.6 is 0 Å². The molecule has 0 aliphatic carbocycles. The molecule has 1 aromatic rings. The van der Waals surface area contributed by atoms with Crippen molar-refractivity contribution in [2.75, 3.05) is 0 Å². The summed E-state index contributed by atoms with van der Waals surface area (Å²) in [7, 11) is 0. The largest absolute Gasteiger partial charge is 0.265 e. The fourth-order valence-corrected chi connectivity index (χ4v) is 1.13. The molecule has 0 amide bonds. The van der Waals surface area contributed by atoms with E-state index in [1.165, 1.54) is 0 Å². The summed E-state index contributed by atoms with van der Waals surface area (Å²) in [6.07, 6.45) is 0. The molecule has 0 spiro atoms. The second kappa shape index (κ2) is 2.91. The SMILES string of the molecule is C=C(C)c1cc(C)nn1CC.[HH]. The number of nitrogens with zero attached hydrogens (tertiary/aromatic N) is 2. The van der Waals surface area contributed by atoms with Crippen LogP contribution in [0.5, 0.6) is 0 Å². The van der Waals surface area contributed by atoms with Crippen LogP contribution in [0.4, 0.5) is 0 Å². The monoisotopic (exact) mass is 152 g/mol. The lowest BCUT2D eigenvalue weighted by Crippen LogP contribution is -2.00. The molecule has 11 heavy (non-hydrogen) atoms. The summed E-state index contributed by atoms with van der Waals surface area (Å²) in [4.78, 5) is 0. The van der Waals surface area contributed by atoms with Gasteiger partial charge in [-0.3, -0.25) is 4.68 Å². The topological polar surface area (TPSA) is 17.8 Å². The Balaban J connectivity index is 0.00000121. The molecular formula is C9H16N2. The molecule has 0 radical (unpaired) electrons. The van der Waals surface area contributed by atoms with Gasteiger partial charge >= 0.3 is 0 Å². The summed E-state index contributed by atoms with van der Waals surface area (Å²) in [5, 5.41) is 4.31. The van der Waals surface area contributed by atoms with Gasteiger partial charge in [0.1, 0.15) is 0 Å². The van der Waals surface area contributed by atoms with Crippen molar-refractivity contribution in [2.45, 2.75) is 27.3 Å². The van der Waals surface area contributed by atoms with Crippen LogP contribution in [-0.4, -0.2) is 9.78 Å². The lowest BCUT2D eigenvalue weighted by atomic mass is 10.2. The van der Waals surface area contributed by atoms with Gasteiger partial charge in [-0.1, -0.05) is 6.58 Å². The first-order valence-corrected chi connectivity index (χ1v) is 3.85. The van der Waals surface area contributed by atoms with E-state index in [9.17, 15) is 0 Å². The van der Waals surface area contributed by atoms with Crippen LogP contribution in [0.25, 0.3) is 5.57 Å². The molecule has 0 unspecified atom stereocenters.